The van der Waals surface area contributed by atoms with Gasteiger partial charge in [0.05, 0.1) is 0 Å². The quantitative estimate of drug-likeness (QED) is 0.896. The molecule has 1 N–H and O–H groups in total. The van der Waals surface area contributed by atoms with Crippen molar-refractivity contribution in [2.75, 3.05) is 13.1 Å². The zero-order valence-electron chi connectivity index (χ0n) is 11.6. The van der Waals surface area contributed by atoms with Crippen LogP contribution in [-0.4, -0.2) is 27.9 Å². The Hall–Kier alpha value is -1.68. The highest BCUT2D eigenvalue weighted by Gasteiger charge is 2.22. The van der Waals surface area contributed by atoms with Crippen LogP contribution in [0.3, 0.4) is 0 Å². The van der Waals surface area contributed by atoms with Gasteiger partial charge in [-0.1, -0.05) is 24.3 Å². The van der Waals surface area contributed by atoms with Crippen molar-refractivity contribution in [2.45, 2.75) is 25.7 Å². The maximum atomic E-state index is 4.44. The lowest BCUT2D eigenvalue weighted by molar-refractivity contribution is 0.436. The van der Waals surface area contributed by atoms with Crippen molar-refractivity contribution in [3.05, 3.63) is 35.7 Å². The topological polar surface area (TPSA) is 42.7 Å². The van der Waals surface area contributed by atoms with Crippen LogP contribution in [-0.2, 0) is 7.05 Å². The molecule has 1 fully saturated rings. The fourth-order valence-electron chi connectivity index (χ4n) is 2.84. The predicted molar refractivity (Wildman–Crippen MR) is 76.0 cm³/mol. The number of aromatic nitrogens is 3. The average molecular weight is 256 g/mol. The minimum Gasteiger partial charge on any atom is -0.317 e. The van der Waals surface area contributed by atoms with E-state index in [1.807, 2.05) is 0 Å². The molecule has 0 spiro atoms. The number of hydrogen-bond acceptors (Lipinski definition) is 3. The Labute approximate surface area is 113 Å². The summed E-state index contributed by atoms with van der Waals surface area (Å²) in [6, 6.07) is 8.35. The molecule has 0 bridgehead atoms. The van der Waals surface area contributed by atoms with Gasteiger partial charge in [0.15, 0.2) is 5.82 Å². The predicted octanol–water partition coefficient (Wildman–Crippen LogP) is 2.26. The first-order chi connectivity index (χ1) is 9.27. The monoisotopic (exact) mass is 256 g/mol. The summed E-state index contributed by atoms with van der Waals surface area (Å²) in [6.45, 7) is 4.28. The Balaban J connectivity index is 1.97. The van der Waals surface area contributed by atoms with Crippen molar-refractivity contribution in [2.24, 2.45) is 7.05 Å². The highest BCUT2D eigenvalue weighted by atomic mass is 15.3. The van der Waals surface area contributed by atoms with E-state index in [0.717, 1.165) is 37.6 Å². The fourth-order valence-corrected chi connectivity index (χ4v) is 2.84. The van der Waals surface area contributed by atoms with E-state index in [1.54, 1.807) is 0 Å². The summed E-state index contributed by atoms with van der Waals surface area (Å²) in [7, 11) is 2.08. The number of piperidine rings is 1. The number of rotatable bonds is 2. The van der Waals surface area contributed by atoms with Crippen molar-refractivity contribution < 1.29 is 0 Å². The standard InChI is InChI=1S/C15H20N4/c1-11-5-3-4-6-13(11)15-18-17-14(19(15)2)12-7-9-16-10-8-12/h3-6,12,16H,7-10H2,1-2H3. The summed E-state index contributed by atoms with van der Waals surface area (Å²) < 4.78 is 2.16. The van der Waals surface area contributed by atoms with Crippen molar-refractivity contribution in [1.29, 1.82) is 0 Å². The van der Waals surface area contributed by atoms with Gasteiger partial charge in [0.2, 0.25) is 0 Å². The zero-order chi connectivity index (χ0) is 13.2. The van der Waals surface area contributed by atoms with Crippen LogP contribution in [0.15, 0.2) is 24.3 Å². The Kier molecular flexibility index (Phi) is 3.34. The third-order valence-corrected chi connectivity index (χ3v) is 4.00. The van der Waals surface area contributed by atoms with E-state index in [-0.39, 0.29) is 0 Å². The Morgan fingerprint density at radius 3 is 2.63 bits per heavy atom. The second-order valence-electron chi connectivity index (χ2n) is 5.28. The lowest BCUT2D eigenvalue weighted by Gasteiger charge is -2.21. The molecule has 1 aliphatic heterocycles. The normalized spacial score (nSPS) is 16.7. The van der Waals surface area contributed by atoms with Crippen LogP contribution in [0.2, 0.25) is 0 Å². The zero-order valence-corrected chi connectivity index (χ0v) is 11.6. The van der Waals surface area contributed by atoms with Gasteiger partial charge in [-0.3, -0.25) is 0 Å². The first-order valence-electron chi connectivity index (χ1n) is 6.93. The van der Waals surface area contributed by atoms with Crippen molar-refractivity contribution >= 4 is 0 Å². The molecule has 1 aromatic heterocycles. The molecule has 0 aliphatic carbocycles. The van der Waals surface area contributed by atoms with Crippen molar-refractivity contribution in [3.63, 3.8) is 0 Å². The SMILES string of the molecule is Cc1ccccc1-c1nnc(C2CCNCC2)n1C. The molecular formula is C15H20N4. The van der Waals surface area contributed by atoms with Crippen molar-refractivity contribution in [1.82, 2.24) is 20.1 Å². The molecule has 4 heteroatoms. The molecule has 1 aromatic carbocycles. The van der Waals surface area contributed by atoms with Gasteiger partial charge in [0.1, 0.15) is 5.82 Å². The molecule has 19 heavy (non-hydrogen) atoms. The third-order valence-electron chi connectivity index (χ3n) is 4.00. The molecule has 4 nitrogen and oxygen atoms in total. The molecule has 2 aromatic rings. The van der Waals surface area contributed by atoms with E-state index in [9.17, 15) is 0 Å². The first kappa shape index (κ1) is 12.4. The van der Waals surface area contributed by atoms with E-state index in [0.29, 0.717) is 5.92 Å². The molecule has 0 radical (unpaired) electrons. The molecule has 3 rings (SSSR count). The van der Waals surface area contributed by atoms with Crippen LogP contribution in [0.25, 0.3) is 11.4 Å². The van der Waals surface area contributed by atoms with Crippen LogP contribution in [0.5, 0.6) is 0 Å². The maximum Gasteiger partial charge on any atom is 0.163 e. The fraction of sp³-hybridized carbons (Fsp3) is 0.467. The lowest BCUT2D eigenvalue weighted by Crippen LogP contribution is -2.27. The van der Waals surface area contributed by atoms with E-state index in [4.69, 9.17) is 0 Å². The van der Waals surface area contributed by atoms with Crippen LogP contribution in [0, 0.1) is 6.92 Å². The minimum atomic E-state index is 0.538. The van der Waals surface area contributed by atoms with E-state index >= 15 is 0 Å². The average Bonchev–Trinajstić information content (AvgIpc) is 2.82. The van der Waals surface area contributed by atoms with Gasteiger partial charge in [-0.05, 0) is 38.4 Å². The third kappa shape index (κ3) is 2.28. The highest BCUT2D eigenvalue weighted by Crippen LogP contribution is 2.27. The van der Waals surface area contributed by atoms with Gasteiger partial charge in [-0.15, -0.1) is 10.2 Å². The highest BCUT2D eigenvalue weighted by molar-refractivity contribution is 5.60. The van der Waals surface area contributed by atoms with Crippen LogP contribution < -0.4 is 5.32 Å². The van der Waals surface area contributed by atoms with Crippen molar-refractivity contribution in [3.8, 4) is 11.4 Å². The summed E-state index contributed by atoms with van der Waals surface area (Å²) in [5, 5.41) is 12.3. The smallest absolute Gasteiger partial charge is 0.163 e. The Morgan fingerprint density at radius 1 is 1.16 bits per heavy atom. The number of nitrogens with zero attached hydrogens (tertiary/aromatic N) is 3. The minimum absolute atomic E-state index is 0.538. The summed E-state index contributed by atoms with van der Waals surface area (Å²) in [6.07, 6.45) is 2.31. The largest absolute Gasteiger partial charge is 0.317 e. The lowest BCUT2D eigenvalue weighted by atomic mass is 9.97. The van der Waals surface area contributed by atoms with Crippen LogP contribution >= 0.6 is 0 Å². The molecule has 2 heterocycles. The van der Waals surface area contributed by atoms with Gasteiger partial charge in [0, 0.05) is 18.5 Å². The Morgan fingerprint density at radius 2 is 1.89 bits per heavy atom. The van der Waals surface area contributed by atoms with Gasteiger partial charge < -0.3 is 9.88 Å². The summed E-state index contributed by atoms with van der Waals surface area (Å²) in [4.78, 5) is 0. The number of benzene rings is 1. The van der Waals surface area contributed by atoms with E-state index in [2.05, 4.69) is 58.3 Å². The molecule has 0 saturated carbocycles. The molecule has 100 valence electrons. The van der Waals surface area contributed by atoms with Crippen LogP contribution in [0.1, 0.15) is 30.1 Å². The first-order valence-corrected chi connectivity index (χ1v) is 6.93. The van der Waals surface area contributed by atoms with Crippen LogP contribution in [0.4, 0.5) is 0 Å². The molecule has 1 aliphatic rings. The molecule has 1 saturated heterocycles. The maximum absolute atomic E-state index is 4.44. The molecular weight excluding hydrogens is 236 g/mol. The molecule has 0 amide bonds. The summed E-state index contributed by atoms with van der Waals surface area (Å²) in [5.41, 5.74) is 2.42. The number of hydrogen-bond donors (Lipinski definition) is 1. The van der Waals surface area contributed by atoms with E-state index in [1.165, 1.54) is 11.1 Å². The second-order valence-corrected chi connectivity index (χ2v) is 5.28. The van der Waals surface area contributed by atoms with Gasteiger partial charge >= 0.3 is 0 Å². The van der Waals surface area contributed by atoms with Gasteiger partial charge in [-0.25, -0.2) is 0 Å². The second kappa shape index (κ2) is 5.13. The Bertz CT molecular complexity index is 567. The van der Waals surface area contributed by atoms with Gasteiger partial charge in [-0.2, -0.15) is 0 Å². The molecule has 0 unspecified atom stereocenters. The number of aryl methyl sites for hydroxylation is 1. The van der Waals surface area contributed by atoms with E-state index < -0.39 is 0 Å². The summed E-state index contributed by atoms with van der Waals surface area (Å²) in [5.74, 6) is 2.64. The summed E-state index contributed by atoms with van der Waals surface area (Å²) >= 11 is 0. The van der Waals surface area contributed by atoms with Gasteiger partial charge in [0.25, 0.3) is 0 Å². The molecule has 0 atom stereocenters. The number of nitrogens with one attached hydrogen (secondary N) is 1.